The van der Waals surface area contributed by atoms with Gasteiger partial charge in [-0.05, 0) is 12.1 Å². The molecule has 3 rings (SSSR count). The predicted molar refractivity (Wildman–Crippen MR) is 83.1 cm³/mol. The standard InChI is InChI=1S/C15H18N6O/c1-22-7-6-21-11-17-9-13(21)10-20-5-4-19-15(20)12-2-3-18-14(16)8-12/h2-5,8-9,11H,6-7,10H2,1H3,(H2,16,18). The van der Waals surface area contributed by atoms with Crippen LogP contribution in [0.2, 0.25) is 0 Å². The van der Waals surface area contributed by atoms with E-state index < -0.39 is 0 Å². The molecule has 0 fully saturated rings. The molecule has 22 heavy (non-hydrogen) atoms. The van der Waals surface area contributed by atoms with E-state index in [2.05, 4.69) is 24.1 Å². The van der Waals surface area contributed by atoms with Crippen LogP contribution in [0.25, 0.3) is 11.4 Å². The molecular weight excluding hydrogens is 280 g/mol. The number of ether oxygens (including phenoxy) is 1. The first-order chi connectivity index (χ1) is 10.8. The van der Waals surface area contributed by atoms with Crippen molar-refractivity contribution in [3.05, 3.63) is 48.9 Å². The van der Waals surface area contributed by atoms with E-state index in [4.69, 9.17) is 10.5 Å². The largest absolute Gasteiger partial charge is 0.384 e. The highest BCUT2D eigenvalue weighted by Gasteiger charge is 2.09. The Morgan fingerprint density at radius 2 is 2.14 bits per heavy atom. The second-order valence-corrected chi connectivity index (χ2v) is 4.92. The van der Waals surface area contributed by atoms with Gasteiger partial charge in [0.1, 0.15) is 11.6 Å². The number of imidazole rings is 2. The Balaban J connectivity index is 1.85. The number of nitrogens with zero attached hydrogens (tertiary/aromatic N) is 5. The van der Waals surface area contributed by atoms with Crippen LogP contribution in [-0.2, 0) is 17.8 Å². The van der Waals surface area contributed by atoms with Crippen LogP contribution in [0.4, 0.5) is 5.82 Å². The van der Waals surface area contributed by atoms with Crippen LogP contribution in [-0.4, -0.2) is 37.8 Å². The molecule has 0 saturated carbocycles. The van der Waals surface area contributed by atoms with Crippen LogP contribution < -0.4 is 5.73 Å². The Morgan fingerprint density at radius 1 is 1.23 bits per heavy atom. The minimum Gasteiger partial charge on any atom is -0.384 e. The molecular formula is C15H18N6O. The SMILES string of the molecule is COCCn1cncc1Cn1ccnc1-c1ccnc(N)c1. The molecule has 114 valence electrons. The number of hydrogen-bond acceptors (Lipinski definition) is 5. The average Bonchev–Trinajstić information content (AvgIpc) is 3.15. The highest BCUT2D eigenvalue weighted by atomic mass is 16.5. The summed E-state index contributed by atoms with van der Waals surface area (Å²) in [5.74, 6) is 1.34. The second kappa shape index (κ2) is 6.40. The first-order valence-corrected chi connectivity index (χ1v) is 6.99. The fourth-order valence-electron chi connectivity index (χ4n) is 2.33. The third kappa shape index (κ3) is 2.99. The lowest BCUT2D eigenvalue weighted by atomic mass is 10.2. The number of aromatic nitrogens is 5. The number of nitrogen functional groups attached to an aromatic ring is 1. The van der Waals surface area contributed by atoms with Gasteiger partial charge in [0.2, 0.25) is 0 Å². The molecule has 0 unspecified atom stereocenters. The van der Waals surface area contributed by atoms with E-state index in [-0.39, 0.29) is 0 Å². The molecule has 7 nitrogen and oxygen atoms in total. The van der Waals surface area contributed by atoms with Crippen molar-refractivity contribution in [3.8, 4) is 11.4 Å². The summed E-state index contributed by atoms with van der Waals surface area (Å²) in [6.45, 7) is 2.11. The summed E-state index contributed by atoms with van der Waals surface area (Å²) < 4.78 is 9.27. The number of methoxy groups -OCH3 is 1. The molecule has 0 spiro atoms. The molecule has 0 aliphatic carbocycles. The lowest BCUT2D eigenvalue weighted by molar-refractivity contribution is 0.186. The fourth-order valence-corrected chi connectivity index (χ4v) is 2.33. The van der Waals surface area contributed by atoms with Crippen molar-refractivity contribution in [1.82, 2.24) is 24.1 Å². The maximum Gasteiger partial charge on any atom is 0.140 e. The summed E-state index contributed by atoms with van der Waals surface area (Å²) in [6.07, 6.45) is 9.09. The molecule has 0 aliphatic heterocycles. The maximum absolute atomic E-state index is 5.75. The van der Waals surface area contributed by atoms with Gasteiger partial charge in [0.25, 0.3) is 0 Å². The van der Waals surface area contributed by atoms with E-state index in [0.29, 0.717) is 19.0 Å². The van der Waals surface area contributed by atoms with Crippen LogP contribution in [0.5, 0.6) is 0 Å². The molecule has 0 amide bonds. The fraction of sp³-hybridized carbons (Fsp3) is 0.267. The normalized spacial score (nSPS) is 11.0. The first-order valence-electron chi connectivity index (χ1n) is 6.99. The van der Waals surface area contributed by atoms with Crippen LogP contribution in [0, 0.1) is 0 Å². The number of hydrogen-bond donors (Lipinski definition) is 1. The summed E-state index contributed by atoms with van der Waals surface area (Å²) in [5, 5.41) is 0. The number of rotatable bonds is 6. The van der Waals surface area contributed by atoms with Crippen molar-refractivity contribution in [2.45, 2.75) is 13.1 Å². The highest BCUT2D eigenvalue weighted by molar-refractivity contribution is 5.59. The van der Waals surface area contributed by atoms with Gasteiger partial charge in [-0.25, -0.2) is 15.0 Å². The molecule has 3 aromatic rings. The minimum atomic E-state index is 0.484. The van der Waals surface area contributed by atoms with E-state index >= 15 is 0 Å². The summed E-state index contributed by atoms with van der Waals surface area (Å²) in [7, 11) is 1.69. The van der Waals surface area contributed by atoms with Gasteiger partial charge in [0, 0.05) is 44.0 Å². The Labute approximate surface area is 128 Å². The van der Waals surface area contributed by atoms with E-state index in [0.717, 1.165) is 23.6 Å². The topological polar surface area (TPSA) is 83.8 Å². The second-order valence-electron chi connectivity index (χ2n) is 4.92. The van der Waals surface area contributed by atoms with Gasteiger partial charge >= 0.3 is 0 Å². The summed E-state index contributed by atoms with van der Waals surface area (Å²) in [6, 6.07) is 3.72. The number of anilines is 1. The molecule has 0 aliphatic rings. The van der Waals surface area contributed by atoms with Crippen molar-refractivity contribution >= 4 is 5.82 Å². The van der Waals surface area contributed by atoms with E-state index in [1.165, 1.54) is 0 Å². The van der Waals surface area contributed by atoms with Gasteiger partial charge < -0.3 is 19.6 Å². The lowest BCUT2D eigenvalue weighted by Gasteiger charge is -2.11. The van der Waals surface area contributed by atoms with Crippen molar-refractivity contribution in [2.75, 3.05) is 19.5 Å². The van der Waals surface area contributed by atoms with Crippen molar-refractivity contribution in [1.29, 1.82) is 0 Å². The molecule has 0 saturated heterocycles. The minimum absolute atomic E-state index is 0.484. The Hall–Kier alpha value is -2.67. The average molecular weight is 298 g/mol. The van der Waals surface area contributed by atoms with Crippen LogP contribution in [0.1, 0.15) is 5.69 Å². The molecule has 0 radical (unpaired) electrons. The molecule has 3 aromatic heterocycles. The summed E-state index contributed by atoms with van der Waals surface area (Å²) in [4.78, 5) is 12.7. The molecule has 7 heteroatoms. The smallest absolute Gasteiger partial charge is 0.140 e. The molecule has 2 N–H and O–H groups in total. The predicted octanol–water partition coefficient (Wildman–Crippen LogP) is 1.42. The first kappa shape index (κ1) is 14.3. The Bertz CT molecular complexity index is 748. The molecule has 3 heterocycles. The van der Waals surface area contributed by atoms with Crippen molar-refractivity contribution in [2.24, 2.45) is 0 Å². The summed E-state index contributed by atoms with van der Waals surface area (Å²) >= 11 is 0. The number of pyridine rings is 1. The van der Waals surface area contributed by atoms with Gasteiger partial charge in [0.05, 0.1) is 25.2 Å². The van der Waals surface area contributed by atoms with Gasteiger partial charge in [-0.15, -0.1) is 0 Å². The van der Waals surface area contributed by atoms with Crippen LogP contribution >= 0.6 is 0 Å². The molecule has 0 atom stereocenters. The molecule has 0 aromatic carbocycles. The van der Waals surface area contributed by atoms with Gasteiger partial charge in [0.15, 0.2) is 0 Å². The quantitative estimate of drug-likeness (QED) is 0.744. The van der Waals surface area contributed by atoms with Crippen molar-refractivity contribution in [3.63, 3.8) is 0 Å². The van der Waals surface area contributed by atoms with Crippen LogP contribution in [0.3, 0.4) is 0 Å². The number of nitrogens with two attached hydrogens (primary N) is 1. The summed E-state index contributed by atoms with van der Waals surface area (Å²) in [5.41, 5.74) is 7.79. The van der Waals surface area contributed by atoms with E-state index in [9.17, 15) is 0 Å². The van der Waals surface area contributed by atoms with Gasteiger partial charge in [-0.2, -0.15) is 0 Å². The van der Waals surface area contributed by atoms with Crippen molar-refractivity contribution < 1.29 is 4.74 Å². The third-order valence-corrected chi connectivity index (χ3v) is 3.42. The highest BCUT2D eigenvalue weighted by Crippen LogP contribution is 2.19. The lowest BCUT2D eigenvalue weighted by Crippen LogP contribution is -2.10. The zero-order chi connectivity index (χ0) is 15.4. The van der Waals surface area contributed by atoms with Gasteiger partial charge in [-0.1, -0.05) is 0 Å². The van der Waals surface area contributed by atoms with Gasteiger partial charge in [-0.3, -0.25) is 0 Å². The Morgan fingerprint density at radius 3 is 2.95 bits per heavy atom. The van der Waals surface area contributed by atoms with E-state index in [1.807, 2.05) is 30.9 Å². The van der Waals surface area contributed by atoms with Crippen LogP contribution in [0.15, 0.2) is 43.2 Å². The third-order valence-electron chi connectivity index (χ3n) is 3.42. The zero-order valence-electron chi connectivity index (χ0n) is 12.4. The zero-order valence-corrected chi connectivity index (χ0v) is 12.4. The van der Waals surface area contributed by atoms with E-state index in [1.54, 1.807) is 19.5 Å². The molecule has 0 bridgehead atoms. The maximum atomic E-state index is 5.75. The Kier molecular flexibility index (Phi) is 4.15. The monoisotopic (exact) mass is 298 g/mol.